The third-order valence-electron chi connectivity index (χ3n) is 4.67. The van der Waals surface area contributed by atoms with E-state index in [0.717, 1.165) is 31.5 Å². The molecular weight excluding hydrogens is 360 g/mol. The standard InChI is InChI=1S/C20H20N4O2S/c25-18(23-10-3-4-11-23)14-27-20-22-17-8-2-1-7-16(17)19(26)24(20)13-15-6-5-9-21-12-15/h1-2,5-9,12H,3-4,10-11,13-14H2. The summed E-state index contributed by atoms with van der Waals surface area (Å²) in [4.78, 5) is 36.1. The van der Waals surface area contributed by atoms with Crippen LogP contribution in [0.4, 0.5) is 0 Å². The molecule has 1 saturated heterocycles. The number of pyridine rings is 1. The molecule has 0 N–H and O–H groups in total. The lowest BCUT2D eigenvalue weighted by Gasteiger charge is -2.16. The van der Waals surface area contributed by atoms with Crippen LogP contribution in [0.1, 0.15) is 18.4 Å². The molecule has 0 radical (unpaired) electrons. The van der Waals surface area contributed by atoms with E-state index in [1.165, 1.54) is 11.8 Å². The van der Waals surface area contributed by atoms with Gasteiger partial charge in [0.15, 0.2) is 5.16 Å². The van der Waals surface area contributed by atoms with Crippen molar-refractivity contribution in [1.29, 1.82) is 0 Å². The smallest absolute Gasteiger partial charge is 0.262 e. The molecule has 27 heavy (non-hydrogen) atoms. The molecular formula is C20H20N4O2S. The summed E-state index contributed by atoms with van der Waals surface area (Å²) in [6, 6.07) is 11.1. The Morgan fingerprint density at radius 1 is 1.11 bits per heavy atom. The number of carbonyl (C=O) groups is 1. The van der Waals surface area contributed by atoms with Gasteiger partial charge in [-0.3, -0.25) is 19.1 Å². The van der Waals surface area contributed by atoms with Crippen LogP contribution in [0.2, 0.25) is 0 Å². The zero-order chi connectivity index (χ0) is 18.6. The van der Waals surface area contributed by atoms with E-state index in [0.29, 0.717) is 22.6 Å². The largest absolute Gasteiger partial charge is 0.342 e. The fraction of sp³-hybridized carbons (Fsp3) is 0.300. The number of aromatic nitrogens is 3. The predicted octanol–water partition coefficient (Wildman–Crippen LogP) is 2.55. The molecule has 1 fully saturated rings. The quantitative estimate of drug-likeness (QED) is 0.503. The Labute approximate surface area is 161 Å². The van der Waals surface area contributed by atoms with Gasteiger partial charge in [-0.05, 0) is 36.6 Å². The van der Waals surface area contributed by atoms with Crippen molar-refractivity contribution >= 4 is 28.6 Å². The zero-order valence-corrected chi connectivity index (χ0v) is 15.7. The first-order valence-corrected chi connectivity index (χ1v) is 10.00. The van der Waals surface area contributed by atoms with Crippen LogP contribution in [0.5, 0.6) is 0 Å². The number of rotatable bonds is 5. The zero-order valence-electron chi connectivity index (χ0n) is 14.9. The third kappa shape index (κ3) is 3.88. The van der Waals surface area contributed by atoms with E-state index in [9.17, 15) is 9.59 Å². The normalized spacial score (nSPS) is 14.0. The van der Waals surface area contributed by atoms with E-state index in [-0.39, 0.29) is 17.2 Å². The highest BCUT2D eigenvalue weighted by molar-refractivity contribution is 7.99. The van der Waals surface area contributed by atoms with Gasteiger partial charge in [0, 0.05) is 25.5 Å². The van der Waals surface area contributed by atoms with Gasteiger partial charge in [0.1, 0.15) is 0 Å². The second-order valence-corrected chi connectivity index (χ2v) is 7.48. The van der Waals surface area contributed by atoms with Crippen LogP contribution in [0.3, 0.4) is 0 Å². The summed E-state index contributed by atoms with van der Waals surface area (Å²) in [6.07, 6.45) is 5.58. The first-order valence-electron chi connectivity index (χ1n) is 9.01. The molecule has 0 atom stereocenters. The second-order valence-electron chi connectivity index (χ2n) is 6.54. The van der Waals surface area contributed by atoms with Crippen molar-refractivity contribution < 1.29 is 4.79 Å². The van der Waals surface area contributed by atoms with Crippen LogP contribution in [0, 0.1) is 0 Å². The Kier molecular flexibility index (Phi) is 5.20. The van der Waals surface area contributed by atoms with Crippen LogP contribution in [0.25, 0.3) is 10.9 Å². The molecule has 0 aliphatic carbocycles. The van der Waals surface area contributed by atoms with Crippen LogP contribution in [0.15, 0.2) is 58.7 Å². The van der Waals surface area contributed by atoms with Gasteiger partial charge in [-0.2, -0.15) is 0 Å². The van der Waals surface area contributed by atoms with Crippen molar-refractivity contribution in [1.82, 2.24) is 19.4 Å². The summed E-state index contributed by atoms with van der Waals surface area (Å²) >= 11 is 1.33. The molecule has 6 nitrogen and oxygen atoms in total. The molecule has 0 spiro atoms. The maximum atomic E-state index is 13.0. The molecule has 0 bridgehead atoms. The SMILES string of the molecule is O=C(CSc1nc2ccccc2c(=O)n1Cc1cccnc1)N1CCCC1. The molecule has 138 valence electrons. The summed E-state index contributed by atoms with van der Waals surface area (Å²) < 4.78 is 1.64. The minimum Gasteiger partial charge on any atom is -0.342 e. The topological polar surface area (TPSA) is 68.1 Å². The molecule has 7 heteroatoms. The fourth-order valence-electron chi connectivity index (χ4n) is 3.26. The van der Waals surface area contributed by atoms with Crippen LogP contribution >= 0.6 is 11.8 Å². The molecule has 1 aliphatic heterocycles. The number of fused-ring (bicyclic) bond motifs is 1. The lowest BCUT2D eigenvalue weighted by Crippen LogP contribution is -2.30. The number of hydrogen-bond donors (Lipinski definition) is 0. The lowest BCUT2D eigenvalue weighted by molar-refractivity contribution is -0.127. The van der Waals surface area contributed by atoms with Gasteiger partial charge < -0.3 is 4.90 Å². The predicted molar refractivity (Wildman–Crippen MR) is 106 cm³/mol. The average Bonchev–Trinajstić information content (AvgIpc) is 3.24. The summed E-state index contributed by atoms with van der Waals surface area (Å²) in [7, 11) is 0. The monoisotopic (exact) mass is 380 g/mol. The highest BCUT2D eigenvalue weighted by Gasteiger charge is 2.19. The minimum atomic E-state index is -0.0967. The van der Waals surface area contributed by atoms with Gasteiger partial charge in [-0.15, -0.1) is 0 Å². The van der Waals surface area contributed by atoms with Crippen molar-refractivity contribution in [2.75, 3.05) is 18.8 Å². The number of para-hydroxylation sites is 1. The molecule has 0 unspecified atom stereocenters. The Hall–Kier alpha value is -2.67. The Balaban J connectivity index is 1.67. The van der Waals surface area contributed by atoms with Crippen molar-refractivity contribution in [2.45, 2.75) is 24.5 Å². The minimum absolute atomic E-state index is 0.0967. The number of thioether (sulfide) groups is 1. The number of hydrogen-bond acceptors (Lipinski definition) is 5. The molecule has 1 amide bonds. The molecule has 1 aromatic carbocycles. The molecule has 2 aromatic heterocycles. The first kappa shape index (κ1) is 17.7. The molecule has 0 saturated carbocycles. The van der Waals surface area contributed by atoms with E-state index in [1.54, 1.807) is 23.0 Å². The molecule has 3 aromatic rings. The van der Waals surface area contributed by atoms with E-state index < -0.39 is 0 Å². The van der Waals surface area contributed by atoms with Crippen molar-refractivity contribution in [2.24, 2.45) is 0 Å². The molecule has 4 rings (SSSR count). The Morgan fingerprint density at radius 2 is 1.93 bits per heavy atom. The first-order chi connectivity index (χ1) is 13.2. The highest BCUT2D eigenvalue weighted by Crippen LogP contribution is 2.20. The average molecular weight is 380 g/mol. The van der Waals surface area contributed by atoms with Gasteiger partial charge >= 0.3 is 0 Å². The Bertz CT molecular complexity index is 1010. The Morgan fingerprint density at radius 3 is 2.70 bits per heavy atom. The lowest BCUT2D eigenvalue weighted by atomic mass is 10.2. The number of amides is 1. The molecule has 3 heterocycles. The van der Waals surface area contributed by atoms with E-state index in [1.807, 2.05) is 35.2 Å². The van der Waals surface area contributed by atoms with Crippen molar-refractivity contribution in [3.8, 4) is 0 Å². The third-order valence-corrected chi connectivity index (χ3v) is 5.63. The summed E-state index contributed by atoms with van der Waals surface area (Å²) in [5, 5.41) is 1.15. The van der Waals surface area contributed by atoms with E-state index >= 15 is 0 Å². The molecule has 1 aliphatic rings. The number of carbonyl (C=O) groups excluding carboxylic acids is 1. The van der Waals surface area contributed by atoms with Crippen molar-refractivity contribution in [3.63, 3.8) is 0 Å². The highest BCUT2D eigenvalue weighted by atomic mass is 32.2. The van der Waals surface area contributed by atoms with E-state index in [4.69, 9.17) is 0 Å². The van der Waals surface area contributed by atoms with Crippen LogP contribution in [-0.2, 0) is 11.3 Å². The van der Waals surface area contributed by atoms with Gasteiger partial charge in [0.05, 0.1) is 23.2 Å². The van der Waals surface area contributed by atoms with Gasteiger partial charge in [-0.1, -0.05) is 30.0 Å². The summed E-state index contributed by atoms with van der Waals surface area (Å²) in [5.41, 5.74) is 1.48. The number of benzene rings is 1. The number of likely N-dealkylation sites (tertiary alicyclic amines) is 1. The van der Waals surface area contributed by atoms with Crippen LogP contribution in [-0.4, -0.2) is 44.2 Å². The summed E-state index contributed by atoms with van der Waals surface area (Å²) in [6.45, 7) is 2.03. The number of nitrogens with zero attached hydrogens (tertiary/aromatic N) is 4. The van der Waals surface area contributed by atoms with Gasteiger partial charge in [-0.25, -0.2) is 4.98 Å². The second kappa shape index (κ2) is 7.92. The maximum absolute atomic E-state index is 13.0. The van der Waals surface area contributed by atoms with Gasteiger partial charge in [0.25, 0.3) is 5.56 Å². The fourth-order valence-corrected chi connectivity index (χ4v) is 4.16. The summed E-state index contributed by atoms with van der Waals surface area (Å²) in [5.74, 6) is 0.394. The van der Waals surface area contributed by atoms with Gasteiger partial charge in [0.2, 0.25) is 5.91 Å². The maximum Gasteiger partial charge on any atom is 0.262 e. The van der Waals surface area contributed by atoms with Crippen molar-refractivity contribution in [3.05, 3.63) is 64.7 Å². The van der Waals surface area contributed by atoms with Crippen LogP contribution < -0.4 is 5.56 Å². The van der Waals surface area contributed by atoms with E-state index in [2.05, 4.69) is 9.97 Å².